The summed E-state index contributed by atoms with van der Waals surface area (Å²) in [5.74, 6) is 5.17. The van der Waals surface area contributed by atoms with Crippen molar-refractivity contribution in [2.75, 3.05) is 23.8 Å². The van der Waals surface area contributed by atoms with Crippen molar-refractivity contribution in [1.29, 1.82) is 5.26 Å². The minimum Gasteiger partial charge on any atom is -0.369 e. The van der Waals surface area contributed by atoms with E-state index in [0.29, 0.717) is 29.0 Å². The Kier molecular flexibility index (Phi) is 4.15. The van der Waals surface area contributed by atoms with E-state index in [1.807, 2.05) is 4.90 Å². The molecule has 2 unspecified atom stereocenters. The third-order valence-electron chi connectivity index (χ3n) is 5.60. The van der Waals surface area contributed by atoms with E-state index in [4.69, 9.17) is 16.8 Å². The topological polar surface area (TPSA) is 123 Å². The molecule has 4 N–H and O–H groups in total. The van der Waals surface area contributed by atoms with Gasteiger partial charge in [-0.1, -0.05) is 0 Å². The smallest absolute Gasteiger partial charge is 0.350 e. The predicted octanol–water partition coefficient (Wildman–Crippen LogP) is 0.418. The zero-order valence-corrected chi connectivity index (χ0v) is 14.8. The number of halogens is 1. The molecule has 27 heavy (non-hydrogen) atoms. The number of benzene rings is 1. The van der Waals surface area contributed by atoms with E-state index < -0.39 is 17.1 Å². The van der Waals surface area contributed by atoms with Crippen molar-refractivity contribution >= 4 is 16.6 Å². The van der Waals surface area contributed by atoms with Crippen LogP contribution in [0.1, 0.15) is 31.7 Å². The monoisotopic (exact) mass is 372 g/mol. The summed E-state index contributed by atoms with van der Waals surface area (Å²) in [5.41, 5.74) is 5.52. The summed E-state index contributed by atoms with van der Waals surface area (Å²) in [5, 5.41) is 8.93. The van der Waals surface area contributed by atoms with E-state index in [9.17, 15) is 14.0 Å². The number of nitrogen functional groups attached to an aromatic ring is 1. The second kappa shape index (κ2) is 6.39. The molecule has 0 spiro atoms. The van der Waals surface area contributed by atoms with E-state index in [2.05, 4.69) is 6.07 Å². The Labute approximate surface area is 154 Å². The summed E-state index contributed by atoms with van der Waals surface area (Å²) in [6.07, 6.45) is 2.68. The Bertz CT molecular complexity index is 1060. The van der Waals surface area contributed by atoms with Crippen LogP contribution in [0.5, 0.6) is 0 Å². The van der Waals surface area contributed by atoms with Gasteiger partial charge in [-0.3, -0.25) is 9.36 Å². The number of nitriles is 1. The number of nitrogens with two attached hydrogens (primary N) is 2. The van der Waals surface area contributed by atoms with E-state index in [-0.39, 0.29) is 29.8 Å². The SMILES string of the molecule is N#CCC(N)C1CCN(c2cc3c(cc2F)c(=O)n(N)c(=O)n3C2CC2)C1. The molecule has 0 radical (unpaired) electrons. The fourth-order valence-corrected chi connectivity index (χ4v) is 3.91. The summed E-state index contributed by atoms with van der Waals surface area (Å²) in [4.78, 5) is 26.7. The Morgan fingerprint density at radius 1 is 1.30 bits per heavy atom. The molecule has 2 atom stereocenters. The Morgan fingerprint density at radius 3 is 2.70 bits per heavy atom. The molecule has 2 aromatic rings. The van der Waals surface area contributed by atoms with Gasteiger partial charge in [0.05, 0.1) is 29.1 Å². The van der Waals surface area contributed by atoms with Gasteiger partial charge in [0.15, 0.2) is 0 Å². The van der Waals surface area contributed by atoms with Crippen LogP contribution in [0.3, 0.4) is 0 Å². The van der Waals surface area contributed by atoms with Gasteiger partial charge in [0.2, 0.25) is 0 Å². The molecule has 0 bridgehead atoms. The highest BCUT2D eigenvalue weighted by molar-refractivity contribution is 5.83. The second-order valence-electron chi connectivity index (χ2n) is 7.40. The lowest BCUT2D eigenvalue weighted by Crippen LogP contribution is -2.44. The number of anilines is 1. The van der Waals surface area contributed by atoms with Crippen molar-refractivity contribution in [3.05, 3.63) is 38.8 Å². The van der Waals surface area contributed by atoms with Crippen LogP contribution in [0, 0.1) is 23.1 Å². The Hall–Kier alpha value is -2.86. The van der Waals surface area contributed by atoms with Gasteiger partial charge < -0.3 is 16.5 Å². The third-order valence-corrected chi connectivity index (χ3v) is 5.60. The first-order valence-corrected chi connectivity index (χ1v) is 9.05. The molecular weight excluding hydrogens is 351 g/mol. The molecule has 1 aliphatic carbocycles. The quantitative estimate of drug-likeness (QED) is 0.750. The van der Waals surface area contributed by atoms with E-state index in [1.54, 1.807) is 6.07 Å². The van der Waals surface area contributed by atoms with Crippen molar-refractivity contribution in [2.24, 2.45) is 11.7 Å². The van der Waals surface area contributed by atoms with Crippen molar-refractivity contribution in [2.45, 2.75) is 37.8 Å². The van der Waals surface area contributed by atoms with Crippen LogP contribution in [-0.2, 0) is 0 Å². The molecule has 0 amide bonds. The first-order chi connectivity index (χ1) is 12.9. The molecule has 4 rings (SSSR count). The molecule has 1 aromatic heterocycles. The number of hydrogen-bond acceptors (Lipinski definition) is 6. The lowest BCUT2D eigenvalue weighted by molar-refractivity contribution is 0.464. The molecule has 8 nitrogen and oxygen atoms in total. The maximum atomic E-state index is 14.8. The normalized spacial score (nSPS) is 20.8. The van der Waals surface area contributed by atoms with Crippen LogP contribution in [0.25, 0.3) is 10.9 Å². The summed E-state index contributed by atoms with van der Waals surface area (Å²) < 4.78 is 16.8. The van der Waals surface area contributed by atoms with Gasteiger partial charge in [0, 0.05) is 25.2 Å². The van der Waals surface area contributed by atoms with Gasteiger partial charge in [0.1, 0.15) is 5.82 Å². The number of aromatic nitrogens is 2. The molecule has 1 aromatic carbocycles. The Balaban J connectivity index is 1.80. The molecule has 1 aliphatic heterocycles. The minimum atomic E-state index is -0.701. The van der Waals surface area contributed by atoms with E-state index in [1.165, 1.54) is 4.57 Å². The molecule has 2 fully saturated rings. The van der Waals surface area contributed by atoms with Gasteiger partial charge in [-0.2, -0.15) is 9.94 Å². The lowest BCUT2D eigenvalue weighted by atomic mass is 9.98. The van der Waals surface area contributed by atoms with Crippen LogP contribution in [0.2, 0.25) is 0 Å². The van der Waals surface area contributed by atoms with Gasteiger partial charge in [-0.05, 0) is 37.3 Å². The summed E-state index contributed by atoms with van der Waals surface area (Å²) in [6.45, 7) is 1.14. The van der Waals surface area contributed by atoms with E-state index >= 15 is 0 Å². The molecule has 2 aliphatic rings. The summed E-state index contributed by atoms with van der Waals surface area (Å²) in [6, 6.07) is 4.55. The molecule has 1 saturated carbocycles. The maximum absolute atomic E-state index is 14.8. The molecule has 1 saturated heterocycles. The number of rotatable bonds is 4. The van der Waals surface area contributed by atoms with Crippen LogP contribution < -0.4 is 27.7 Å². The van der Waals surface area contributed by atoms with Gasteiger partial charge >= 0.3 is 5.69 Å². The Morgan fingerprint density at radius 2 is 2.04 bits per heavy atom. The zero-order valence-electron chi connectivity index (χ0n) is 14.8. The summed E-state index contributed by atoms with van der Waals surface area (Å²) in [7, 11) is 0. The van der Waals surface area contributed by atoms with Gasteiger partial charge in [-0.25, -0.2) is 9.18 Å². The standard InChI is InChI=1S/C18H21FN6O2/c19-13-7-12-15(24(11-1-2-11)18(27)25(22)17(12)26)8-16(13)23-6-4-10(9-23)14(21)3-5-20/h7-8,10-11,14H,1-4,6,9,21-22H2. The fraction of sp³-hybridized carbons (Fsp3) is 0.500. The van der Waals surface area contributed by atoms with Crippen LogP contribution in [0.15, 0.2) is 21.7 Å². The molecular formula is C18H21FN6O2. The van der Waals surface area contributed by atoms with Crippen LogP contribution in [0.4, 0.5) is 10.1 Å². The number of hydrogen-bond donors (Lipinski definition) is 2. The average molecular weight is 372 g/mol. The predicted molar refractivity (Wildman–Crippen MR) is 99.4 cm³/mol. The zero-order chi connectivity index (χ0) is 19.3. The first-order valence-electron chi connectivity index (χ1n) is 9.05. The highest BCUT2D eigenvalue weighted by atomic mass is 19.1. The molecule has 2 heterocycles. The van der Waals surface area contributed by atoms with Crippen LogP contribution >= 0.6 is 0 Å². The molecule has 9 heteroatoms. The van der Waals surface area contributed by atoms with Gasteiger partial charge in [0.25, 0.3) is 5.56 Å². The van der Waals surface area contributed by atoms with Gasteiger partial charge in [-0.15, -0.1) is 0 Å². The van der Waals surface area contributed by atoms with Crippen LogP contribution in [-0.4, -0.2) is 28.4 Å². The lowest BCUT2D eigenvalue weighted by Gasteiger charge is -2.22. The maximum Gasteiger partial charge on any atom is 0.350 e. The van der Waals surface area contributed by atoms with E-state index in [0.717, 1.165) is 25.3 Å². The average Bonchev–Trinajstić information content (AvgIpc) is 3.35. The third kappa shape index (κ3) is 2.86. The molecule has 142 valence electrons. The summed E-state index contributed by atoms with van der Waals surface area (Å²) >= 11 is 0. The number of fused-ring (bicyclic) bond motifs is 1. The fourth-order valence-electron chi connectivity index (χ4n) is 3.91. The first kappa shape index (κ1) is 17.5. The largest absolute Gasteiger partial charge is 0.369 e. The van der Waals surface area contributed by atoms with Crippen molar-refractivity contribution in [3.8, 4) is 6.07 Å². The number of nitrogens with zero attached hydrogens (tertiary/aromatic N) is 4. The van der Waals surface area contributed by atoms with Crippen molar-refractivity contribution < 1.29 is 4.39 Å². The van der Waals surface area contributed by atoms with Crippen molar-refractivity contribution in [3.63, 3.8) is 0 Å². The highest BCUT2D eigenvalue weighted by Gasteiger charge is 2.31. The highest BCUT2D eigenvalue weighted by Crippen LogP contribution is 2.37. The van der Waals surface area contributed by atoms with Crippen molar-refractivity contribution in [1.82, 2.24) is 9.24 Å². The second-order valence-corrected chi connectivity index (χ2v) is 7.40. The minimum absolute atomic E-state index is 0.0101.